The predicted octanol–water partition coefficient (Wildman–Crippen LogP) is 14.2. The van der Waals surface area contributed by atoms with Crippen molar-refractivity contribution in [1.82, 2.24) is 10.3 Å². The van der Waals surface area contributed by atoms with E-state index in [1.165, 1.54) is 0 Å². The Balaban J connectivity index is 0.000000156. The summed E-state index contributed by atoms with van der Waals surface area (Å²) < 4.78 is 24.6. The van der Waals surface area contributed by atoms with Gasteiger partial charge in [0.05, 0.1) is 63.3 Å². The number of hydrogen-bond acceptors (Lipinski definition) is 10. The Labute approximate surface area is 432 Å². The first-order valence-electron chi connectivity index (χ1n) is 24.5. The Morgan fingerprint density at radius 2 is 0.958 bits per heavy atom. The van der Waals surface area contributed by atoms with Crippen LogP contribution in [-0.4, -0.2) is 38.9 Å². The highest BCUT2D eigenvalue weighted by molar-refractivity contribution is 6.39. The lowest BCUT2D eigenvalue weighted by molar-refractivity contribution is -0.191. The number of benzene rings is 4. The fourth-order valence-corrected chi connectivity index (χ4v) is 13.4. The van der Waals surface area contributed by atoms with Crippen LogP contribution < -0.4 is 0 Å². The van der Waals surface area contributed by atoms with Gasteiger partial charge < -0.3 is 28.7 Å². The van der Waals surface area contributed by atoms with Crippen molar-refractivity contribution in [3.63, 3.8) is 0 Å². The van der Waals surface area contributed by atoms with Gasteiger partial charge in [-0.3, -0.25) is 0 Å². The van der Waals surface area contributed by atoms with E-state index in [0.717, 1.165) is 111 Å². The number of halogens is 4. The molecule has 2 aromatic heterocycles. The van der Waals surface area contributed by atoms with Crippen LogP contribution in [0.15, 0.2) is 100 Å². The topological polar surface area (TPSA) is 149 Å². The monoisotopic (exact) mass is 1040 g/mol. The second-order valence-corrected chi connectivity index (χ2v) is 21.6. The van der Waals surface area contributed by atoms with Gasteiger partial charge in [0.25, 0.3) is 0 Å². The molecule has 6 aromatic rings. The summed E-state index contributed by atoms with van der Waals surface area (Å²) in [5, 5.41) is 34.4. The largest absolute Gasteiger partial charge is 0.385 e. The maximum atomic E-state index is 11.8. The van der Waals surface area contributed by atoms with Gasteiger partial charge in [0.1, 0.15) is 22.9 Å². The van der Waals surface area contributed by atoms with E-state index in [9.17, 15) is 10.2 Å². The van der Waals surface area contributed by atoms with Crippen molar-refractivity contribution < 1.29 is 38.3 Å². The van der Waals surface area contributed by atoms with Gasteiger partial charge in [-0.15, -0.1) is 0 Å². The van der Waals surface area contributed by atoms with Gasteiger partial charge in [-0.2, -0.15) is 9.59 Å². The van der Waals surface area contributed by atoms with Crippen LogP contribution in [0.5, 0.6) is 0 Å². The minimum Gasteiger partial charge on any atom is -0.385 e. The van der Waals surface area contributed by atoms with E-state index in [0.29, 0.717) is 73.3 Å². The summed E-state index contributed by atoms with van der Waals surface area (Å²) in [6, 6.07) is 28.5. The van der Waals surface area contributed by atoms with Gasteiger partial charge in [0, 0.05) is 34.1 Å². The van der Waals surface area contributed by atoms with Gasteiger partial charge in [-0.1, -0.05) is 123 Å². The van der Waals surface area contributed by atoms with Gasteiger partial charge in [0.2, 0.25) is 0 Å². The van der Waals surface area contributed by atoms with Crippen molar-refractivity contribution in [1.29, 1.82) is 0 Å². The Kier molecular flexibility index (Phi) is 14.7. The highest BCUT2D eigenvalue weighted by Gasteiger charge is 2.56. The van der Waals surface area contributed by atoms with Crippen LogP contribution in [0.4, 0.5) is 5.69 Å². The van der Waals surface area contributed by atoms with Gasteiger partial charge in [-0.05, 0) is 136 Å². The molecule has 11 nitrogen and oxygen atoms in total. The molecule has 0 spiro atoms. The summed E-state index contributed by atoms with van der Waals surface area (Å²) in [7, 11) is 0. The third-order valence-electron chi connectivity index (χ3n) is 15.9. The van der Waals surface area contributed by atoms with E-state index in [-0.39, 0.29) is 42.0 Å². The summed E-state index contributed by atoms with van der Waals surface area (Å²) in [6.07, 6.45) is 12.0. The fraction of sp³-hybridized carbons (Fsp3) is 0.429. The maximum absolute atomic E-state index is 11.8. The molecule has 0 amide bonds. The quantitative estimate of drug-likeness (QED) is 0.113. The molecule has 2 N–H and O–H groups in total. The number of rotatable bonds is 12. The van der Waals surface area contributed by atoms with Gasteiger partial charge >= 0.3 is 6.15 Å². The maximum Gasteiger partial charge on any atom is 0.373 e. The van der Waals surface area contributed by atoms with E-state index in [1.807, 2.05) is 72.8 Å². The van der Waals surface area contributed by atoms with Crippen LogP contribution in [0, 0.1) is 30.2 Å². The summed E-state index contributed by atoms with van der Waals surface area (Å²) >= 11 is 26.0. The van der Waals surface area contributed by atoms with Crippen molar-refractivity contribution >= 4 is 58.2 Å². The third kappa shape index (κ3) is 9.77. The first-order valence-corrected chi connectivity index (χ1v) is 26.0. The minimum atomic E-state index is -0.896. The molecule has 6 saturated carbocycles. The molecule has 368 valence electrons. The van der Waals surface area contributed by atoms with Gasteiger partial charge in [0.15, 0.2) is 5.69 Å². The van der Waals surface area contributed by atoms with Crippen molar-refractivity contribution in [2.24, 2.45) is 23.7 Å². The average molecular weight is 1040 g/mol. The third-order valence-corrected chi connectivity index (χ3v) is 17.2. The number of aromatic nitrogens is 2. The molecule has 0 radical (unpaired) electrons. The van der Waals surface area contributed by atoms with Crippen LogP contribution in [0.25, 0.3) is 27.4 Å². The minimum absolute atomic E-state index is 0.0355. The number of nitrogens with zero attached hydrogens (tertiary/aromatic N) is 3. The molecule has 6 aliphatic carbocycles. The molecular weight excluding hydrogens is 984 g/mol. The SMILES string of the molecule is O=C=O.OC1(c2ccccc2)[C@@H]2CC[C@H]1CC(OCc1c(-c3c(Cl)cccc3Cl)noc1C1CC1)C2.[C-]#[N+]c1cccc(C2(O)[C@@H]3CC[C@H]2CC(OCc2c(-c4c(Cl)cccc4Cl)noc2C2CC2)C3)c1. The smallest absolute Gasteiger partial charge is 0.373 e. The number of aliphatic hydroxyl groups is 2. The zero-order valence-electron chi connectivity index (χ0n) is 38.9. The standard InChI is InChI=1S/C28H26Cl2N2O3.C27H27Cl2NO3.CO2/c1-31-20-5-2-4-17(12-20)28(33)18-10-11-19(28)14-21(13-18)34-15-22-26(32-35-27(22)16-8-9-16)25-23(29)6-3-7-24(25)30;28-22-7-4-8-23(29)24(22)25-21(26(33-30-25)16-9-10-16)15-32-20-13-18-11-12-19(14-20)27(18,31)17-5-2-1-3-6-17;2-1-3/h2-7,12,16,18-19,21,33H,8-11,13-15H2;1-8,16,18-20,31H,9-15H2;/t18-,19+,21?,28?;18-,19+,20?,27?;. The highest BCUT2D eigenvalue weighted by Crippen LogP contribution is 2.58. The first kappa shape index (κ1) is 49.7. The molecule has 6 aliphatic rings. The second kappa shape index (κ2) is 21.0. The zero-order chi connectivity index (χ0) is 49.4. The van der Waals surface area contributed by atoms with Crippen LogP contribution in [0.1, 0.15) is 123 Å². The van der Waals surface area contributed by atoms with Crippen LogP contribution in [0.2, 0.25) is 20.1 Å². The number of carbonyl (C=O) groups excluding carboxylic acids is 2. The molecule has 71 heavy (non-hydrogen) atoms. The summed E-state index contributed by atoms with van der Waals surface area (Å²) in [4.78, 5) is 19.8. The van der Waals surface area contributed by atoms with Gasteiger partial charge in [-0.25, -0.2) is 4.85 Å². The fourth-order valence-electron chi connectivity index (χ4n) is 12.2. The van der Waals surface area contributed by atoms with Crippen LogP contribution in [0.3, 0.4) is 0 Å². The van der Waals surface area contributed by atoms with E-state index in [1.54, 1.807) is 6.07 Å². The van der Waals surface area contributed by atoms with E-state index in [2.05, 4.69) is 27.3 Å². The predicted molar refractivity (Wildman–Crippen MR) is 268 cm³/mol. The Morgan fingerprint density at radius 3 is 1.35 bits per heavy atom. The lowest BCUT2D eigenvalue weighted by Crippen LogP contribution is -2.44. The molecule has 4 aromatic carbocycles. The second-order valence-electron chi connectivity index (χ2n) is 20.0. The summed E-state index contributed by atoms with van der Waals surface area (Å²) in [6.45, 7) is 8.13. The molecule has 8 atom stereocenters. The Bertz CT molecular complexity index is 2890. The molecule has 4 unspecified atom stereocenters. The molecule has 15 heteroatoms. The van der Waals surface area contributed by atoms with Crippen molar-refractivity contribution in [2.75, 3.05) is 0 Å². The molecule has 0 aliphatic heterocycles. The molecule has 0 saturated heterocycles. The van der Waals surface area contributed by atoms with Crippen molar-refractivity contribution in [3.8, 4) is 22.5 Å². The first-order chi connectivity index (χ1) is 34.5. The number of ether oxygens (including phenoxy) is 2. The normalized spacial score (nSPS) is 27.2. The van der Waals surface area contributed by atoms with Crippen molar-refractivity contribution in [2.45, 2.75) is 126 Å². The highest BCUT2D eigenvalue weighted by atomic mass is 35.5. The number of fused-ring (bicyclic) bond motifs is 4. The van der Waals surface area contributed by atoms with Crippen LogP contribution in [-0.2, 0) is 43.5 Å². The molecule has 12 rings (SSSR count). The lowest BCUT2D eigenvalue weighted by atomic mass is 9.69. The van der Waals surface area contributed by atoms with E-state index in [4.69, 9.17) is 81.1 Å². The van der Waals surface area contributed by atoms with E-state index >= 15 is 0 Å². The van der Waals surface area contributed by atoms with Crippen molar-refractivity contribution in [3.05, 3.63) is 156 Å². The summed E-state index contributed by atoms with van der Waals surface area (Å²) in [5.41, 5.74) is 5.47. The molecular formula is C56H53Cl4N3O8. The molecule has 4 bridgehead atoms. The molecule has 2 heterocycles. The Morgan fingerprint density at radius 1 is 0.577 bits per heavy atom. The zero-order valence-corrected chi connectivity index (χ0v) is 41.9. The van der Waals surface area contributed by atoms with Crippen LogP contribution >= 0.6 is 46.4 Å². The number of hydrogen-bond donors (Lipinski definition) is 2. The lowest BCUT2D eigenvalue weighted by Gasteiger charge is -2.43. The van der Waals surface area contributed by atoms with E-state index < -0.39 is 11.2 Å². The molecule has 6 fully saturated rings. The average Bonchev–Trinajstić information content (AvgIpc) is 4.30. The summed E-state index contributed by atoms with van der Waals surface area (Å²) in [5.74, 6) is 3.20. The Hall–Kier alpha value is -4.83.